The molecule has 2 heterocycles. The van der Waals surface area contributed by atoms with Crippen LogP contribution in [0, 0.1) is 24.1 Å². The number of nitrogens with zero attached hydrogens (tertiary/aromatic N) is 3. The fourth-order valence-electron chi connectivity index (χ4n) is 3.01. The summed E-state index contributed by atoms with van der Waals surface area (Å²) in [6.45, 7) is 5.64. The van der Waals surface area contributed by atoms with Crippen LogP contribution in [0.5, 0.6) is 0 Å². The number of hydrogen-bond acceptors (Lipinski definition) is 3. The largest absolute Gasteiger partial charge is 0.275 e. The summed E-state index contributed by atoms with van der Waals surface area (Å²) in [7, 11) is 0. The topological polar surface area (TPSA) is 58.7 Å². The van der Waals surface area contributed by atoms with Crippen LogP contribution < -0.4 is 5.56 Å². The summed E-state index contributed by atoms with van der Waals surface area (Å²) in [5.41, 5.74) is 0.715. The fourth-order valence-corrected chi connectivity index (χ4v) is 3.77. The summed E-state index contributed by atoms with van der Waals surface area (Å²) < 4.78 is 16.4. The highest BCUT2D eigenvalue weighted by Gasteiger charge is 2.25. The zero-order chi connectivity index (χ0) is 20.0. The lowest BCUT2D eigenvalue weighted by molar-refractivity contribution is 0.626. The van der Waals surface area contributed by atoms with Crippen molar-refractivity contribution in [3.05, 3.63) is 65.8 Å². The van der Waals surface area contributed by atoms with Crippen LogP contribution >= 0.6 is 39.1 Å². The number of halogens is 4. The monoisotopic (exact) mass is 467 g/mol. The Morgan fingerprint density at radius 3 is 2.63 bits per heavy atom. The maximum atomic E-state index is 15.2. The lowest BCUT2D eigenvalue weighted by Gasteiger charge is -2.20. The first-order chi connectivity index (χ1) is 12.7. The van der Waals surface area contributed by atoms with E-state index in [0.29, 0.717) is 16.9 Å². The van der Waals surface area contributed by atoms with E-state index in [-0.39, 0.29) is 36.9 Å². The molecule has 0 bridgehead atoms. The molecule has 0 saturated heterocycles. The normalized spacial score (nSPS) is 11.2. The minimum atomic E-state index is -0.737. The van der Waals surface area contributed by atoms with Crippen LogP contribution in [0.3, 0.4) is 0 Å². The van der Waals surface area contributed by atoms with Gasteiger partial charge in [-0.25, -0.2) is 4.39 Å². The summed E-state index contributed by atoms with van der Waals surface area (Å²) in [4.78, 5) is 17.5. The van der Waals surface area contributed by atoms with Crippen LogP contribution in [0.15, 0.2) is 27.6 Å². The molecule has 1 aromatic carbocycles. The van der Waals surface area contributed by atoms with Crippen molar-refractivity contribution in [3.63, 3.8) is 0 Å². The zero-order valence-electron chi connectivity index (χ0n) is 14.6. The van der Waals surface area contributed by atoms with E-state index in [0.717, 1.165) is 0 Å². The SMILES string of the molecule is Cc1ccnc(C(C)C)c1-n1c(=O)c(C#N)c(Cl)c2cc(Cl)c(Br)c(F)c21. The Kier molecular flexibility index (Phi) is 5.31. The van der Waals surface area contributed by atoms with E-state index in [1.807, 2.05) is 19.9 Å². The minimum Gasteiger partial charge on any atom is -0.271 e. The molecule has 0 N–H and O–H groups in total. The summed E-state index contributed by atoms with van der Waals surface area (Å²) in [5, 5.41) is 9.61. The van der Waals surface area contributed by atoms with Crippen LogP contribution in [0.2, 0.25) is 10.0 Å². The van der Waals surface area contributed by atoms with Crippen LogP contribution in [0.25, 0.3) is 16.6 Å². The van der Waals surface area contributed by atoms with Crippen LogP contribution in [0.4, 0.5) is 4.39 Å². The van der Waals surface area contributed by atoms with Gasteiger partial charge in [0.1, 0.15) is 11.6 Å². The smallest absolute Gasteiger partial charge is 0.271 e. The molecular formula is C19H13BrCl2FN3O. The molecule has 3 rings (SSSR count). The molecule has 27 heavy (non-hydrogen) atoms. The standard InChI is InChI=1S/C19H13BrCl2FN3O/c1-8(2)16-17(9(3)4-5-25-16)26-18-10(6-12(21)13(20)15(18)23)14(22)11(7-24)19(26)27/h4-6,8H,1-3H3. The fraction of sp³-hybridized carbons (Fsp3) is 0.211. The van der Waals surface area contributed by atoms with Gasteiger partial charge in [0.2, 0.25) is 0 Å². The van der Waals surface area contributed by atoms with E-state index in [2.05, 4.69) is 20.9 Å². The van der Waals surface area contributed by atoms with E-state index in [4.69, 9.17) is 23.2 Å². The number of pyridine rings is 2. The van der Waals surface area contributed by atoms with E-state index < -0.39 is 11.4 Å². The first-order valence-corrected chi connectivity index (χ1v) is 9.53. The Morgan fingerprint density at radius 1 is 1.37 bits per heavy atom. The van der Waals surface area contributed by atoms with Crippen molar-refractivity contribution < 1.29 is 4.39 Å². The average molecular weight is 469 g/mol. The first kappa shape index (κ1) is 19.8. The minimum absolute atomic E-state index is 0.0123. The third-order valence-electron chi connectivity index (χ3n) is 4.27. The first-order valence-electron chi connectivity index (χ1n) is 7.98. The summed E-state index contributed by atoms with van der Waals surface area (Å²) in [6, 6.07) is 4.98. The van der Waals surface area contributed by atoms with Crippen molar-refractivity contribution in [1.29, 1.82) is 5.26 Å². The molecule has 8 heteroatoms. The highest BCUT2D eigenvalue weighted by atomic mass is 79.9. The molecular weight excluding hydrogens is 456 g/mol. The van der Waals surface area contributed by atoms with Crippen LogP contribution in [-0.2, 0) is 0 Å². The van der Waals surface area contributed by atoms with Gasteiger partial charge in [-0.2, -0.15) is 5.26 Å². The lowest BCUT2D eigenvalue weighted by atomic mass is 10.0. The van der Waals surface area contributed by atoms with Crippen molar-refractivity contribution in [3.8, 4) is 11.8 Å². The molecule has 2 aromatic heterocycles. The maximum Gasteiger partial charge on any atom is 0.275 e. The van der Waals surface area contributed by atoms with Gasteiger partial charge in [-0.15, -0.1) is 0 Å². The molecule has 0 unspecified atom stereocenters. The number of aromatic nitrogens is 2. The van der Waals surface area contributed by atoms with Gasteiger partial charge in [-0.3, -0.25) is 14.3 Å². The highest BCUT2D eigenvalue weighted by Crippen LogP contribution is 2.37. The Bertz CT molecular complexity index is 1200. The molecule has 0 aliphatic heterocycles. The third-order valence-corrected chi connectivity index (χ3v) is 5.96. The van der Waals surface area contributed by atoms with Gasteiger partial charge in [0.15, 0.2) is 5.82 Å². The Balaban J connectivity index is 2.70. The average Bonchev–Trinajstić information content (AvgIpc) is 2.62. The quantitative estimate of drug-likeness (QED) is 0.440. The summed E-state index contributed by atoms with van der Waals surface area (Å²) >= 11 is 15.4. The molecule has 0 atom stereocenters. The van der Waals surface area contributed by atoms with E-state index >= 15 is 4.39 Å². The predicted octanol–water partition coefficient (Wildman–Crippen LogP) is 5.90. The second-order valence-electron chi connectivity index (χ2n) is 6.34. The van der Waals surface area contributed by atoms with E-state index in [1.54, 1.807) is 19.2 Å². The maximum absolute atomic E-state index is 15.2. The van der Waals surface area contributed by atoms with Crippen molar-refractivity contribution in [1.82, 2.24) is 9.55 Å². The number of aryl methyl sites for hydroxylation is 1. The molecule has 0 fully saturated rings. The van der Waals surface area contributed by atoms with Gasteiger partial charge in [0.05, 0.1) is 31.4 Å². The van der Waals surface area contributed by atoms with Crippen LogP contribution in [0.1, 0.15) is 36.6 Å². The number of nitriles is 1. The molecule has 0 aliphatic carbocycles. The van der Waals surface area contributed by atoms with Crippen molar-refractivity contribution in [2.45, 2.75) is 26.7 Å². The Labute approximate surface area is 173 Å². The summed E-state index contributed by atoms with van der Waals surface area (Å²) in [5.74, 6) is -0.777. The van der Waals surface area contributed by atoms with Crippen molar-refractivity contribution in [2.24, 2.45) is 0 Å². The van der Waals surface area contributed by atoms with Gasteiger partial charge in [-0.1, -0.05) is 37.0 Å². The highest BCUT2D eigenvalue weighted by molar-refractivity contribution is 9.10. The van der Waals surface area contributed by atoms with Gasteiger partial charge >= 0.3 is 0 Å². The third kappa shape index (κ3) is 3.04. The number of benzene rings is 1. The molecule has 0 aliphatic rings. The van der Waals surface area contributed by atoms with Crippen LogP contribution in [-0.4, -0.2) is 9.55 Å². The molecule has 3 aromatic rings. The van der Waals surface area contributed by atoms with E-state index in [9.17, 15) is 10.1 Å². The van der Waals surface area contributed by atoms with Gasteiger partial charge < -0.3 is 0 Å². The van der Waals surface area contributed by atoms with Crippen molar-refractivity contribution >= 4 is 50.0 Å². The van der Waals surface area contributed by atoms with Gasteiger partial charge in [-0.05, 0) is 46.5 Å². The summed E-state index contributed by atoms with van der Waals surface area (Å²) in [6.07, 6.45) is 1.63. The van der Waals surface area contributed by atoms with Crippen molar-refractivity contribution in [2.75, 3.05) is 0 Å². The second kappa shape index (κ2) is 7.23. The number of rotatable bonds is 2. The number of hydrogen-bond donors (Lipinski definition) is 0. The predicted molar refractivity (Wildman–Crippen MR) is 109 cm³/mol. The lowest BCUT2D eigenvalue weighted by Crippen LogP contribution is -2.25. The molecule has 0 amide bonds. The Hall–Kier alpha value is -1.94. The molecule has 4 nitrogen and oxygen atoms in total. The van der Waals surface area contributed by atoms with E-state index in [1.165, 1.54) is 10.6 Å². The van der Waals surface area contributed by atoms with Gasteiger partial charge in [0, 0.05) is 11.6 Å². The zero-order valence-corrected chi connectivity index (χ0v) is 17.7. The van der Waals surface area contributed by atoms with Gasteiger partial charge in [0.25, 0.3) is 5.56 Å². The molecule has 138 valence electrons. The molecule has 0 spiro atoms. The molecule has 0 radical (unpaired) electrons. The number of fused-ring (bicyclic) bond motifs is 1. The Morgan fingerprint density at radius 2 is 2.04 bits per heavy atom. The molecule has 0 saturated carbocycles. The second-order valence-corrected chi connectivity index (χ2v) is 7.92.